The fourth-order valence-corrected chi connectivity index (χ4v) is 1.20. The maximum atomic E-state index is 5.53. The van der Waals surface area contributed by atoms with Gasteiger partial charge >= 0.3 is 0 Å². The molecule has 0 saturated heterocycles. The van der Waals surface area contributed by atoms with E-state index in [9.17, 15) is 0 Å². The average molecular weight is 162 g/mol. The molecule has 0 bridgehead atoms. The van der Waals surface area contributed by atoms with Crippen molar-refractivity contribution >= 4 is 11.6 Å². The van der Waals surface area contributed by atoms with Crippen LogP contribution in [0.25, 0.3) is 0 Å². The Kier molecular flexibility index (Phi) is 1.66. The first-order valence-electron chi connectivity index (χ1n) is 3.84. The van der Waals surface area contributed by atoms with Crippen LogP contribution < -0.4 is 10.6 Å². The highest BCUT2D eigenvalue weighted by molar-refractivity contribution is 5.48. The van der Waals surface area contributed by atoms with Gasteiger partial charge in [-0.15, -0.1) is 0 Å². The molecule has 1 aliphatic heterocycles. The molecular formula is C8H10N4. The molecule has 0 saturated carbocycles. The summed E-state index contributed by atoms with van der Waals surface area (Å²) < 4.78 is 0. The van der Waals surface area contributed by atoms with Crippen LogP contribution in [0.3, 0.4) is 0 Å². The van der Waals surface area contributed by atoms with Gasteiger partial charge in [-0.2, -0.15) is 0 Å². The summed E-state index contributed by atoms with van der Waals surface area (Å²) >= 11 is 0. The molecule has 0 amide bonds. The van der Waals surface area contributed by atoms with E-state index in [1.165, 1.54) is 6.33 Å². The number of aromatic nitrogens is 2. The van der Waals surface area contributed by atoms with E-state index in [2.05, 4.69) is 27.0 Å². The lowest BCUT2D eigenvalue weighted by Gasteiger charge is -2.15. The average Bonchev–Trinajstić information content (AvgIpc) is 2.56. The summed E-state index contributed by atoms with van der Waals surface area (Å²) in [5, 5.41) is 0. The maximum Gasteiger partial charge on any atom is 0.134 e. The van der Waals surface area contributed by atoms with Crippen molar-refractivity contribution in [2.24, 2.45) is 0 Å². The van der Waals surface area contributed by atoms with Gasteiger partial charge in [0, 0.05) is 19.2 Å². The van der Waals surface area contributed by atoms with E-state index in [1.54, 1.807) is 6.07 Å². The van der Waals surface area contributed by atoms with Gasteiger partial charge in [-0.3, -0.25) is 0 Å². The largest absolute Gasteiger partial charge is 0.384 e. The molecule has 4 heteroatoms. The van der Waals surface area contributed by atoms with Crippen molar-refractivity contribution in [3.8, 4) is 0 Å². The lowest BCUT2D eigenvalue weighted by atomic mass is 10.5. The van der Waals surface area contributed by atoms with Gasteiger partial charge in [0.25, 0.3) is 0 Å². The molecule has 0 aliphatic carbocycles. The highest BCUT2D eigenvalue weighted by Crippen LogP contribution is 2.14. The van der Waals surface area contributed by atoms with E-state index >= 15 is 0 Å². The molecule has 2 rings (SSSR count). The van der Waals surface area contributed by atoms with E-state index in [0.717, 1.165) is 18.9 Å². The quantitative estimate of drug-likeness (QED) is 0.608. The van der Waals surface area contributed by atoms with Gasteiger partial charge in [0.05, 0.1) is 0 Å². The highest BCUT2D eigenvalue weighted by atomic mass is 15.2. The normalized spacial score (nSPS) is 15.5. The molecule has 2 N–H and O–H groups in total. The second-order valence-electron chi connectivity index (χ2n) is 2.68. The Bertz CT molecular complexity index is 300. The molecule has 0 radical (unpaired) electrons. The van der Waals surface area contributed by atoms with E-state index in [-0.39, 0.29) is 0 Å². The van der Waals surface area contributed by atoms with Gasteiger partial charge in [-0.1, -0.05) is 12.2 Å². The second kappa shape index (κ2) is 2.81. The Morgan fingerprint density at radius 2 is 2.00 bits per heavy atom. The predicted octanol–water partition coefficient (Wildman–Crippen LogP) is 0.435. The number of rotatable bonds is 1. The molecule has 62 valence electrons. The van der Waals surface area contributed by atoms with E-state index in [1.807, 2.05) is 0 Å². The first kappa shape index (κ1) is 7.09. The summed E-state index contributed by atoms with van der Waals surface area (Å²) in [6, 6.07) is 1.78. The summed E-state index contributed by atoms with van der Waals surface area (Å²) in [6.07, 6.45) is 5.71. The zero-order valence-corrected chi connectivity index (χ0v) is 6.64. The van der Waals surface area contributed by atoms with Crippen LogP contribution >= 0.6 is 0 Å². The minimum absolute atomic E-state index is 0.520. The molecule has 12 heavy (non-hydrogen) atoms. The fraction of sp³-hybridized carbons (Fsp3) is 0.250. The molecule has 0 unspecified atom stereocenters. The van der Waals surface area contributed by atoms with Gasteiger partial charge in [-0.25, -0.2) is 9.97 Å². The number of hydrogen-bond acceptors (Lipinski definition) is 4. The summed E-state index contributed by atoms with van der Waals surface area (Å²) in [7, 11) is 0. The number of anilines is 2. The number of nitrogens with two attached hydrogens (primary N) is 1. The van der Waals surface area contributed by atoms with Gasteiger partial charge in [0.2, 0.25) is 0 Å². The van der Waals surface area contributed by atoms with Gasteiger partial charge < -0.3 is 10.6 Å². The van der Waals surface area contributed by atoms with Gasteiger partial charge in [0.1, 0.15) is 18.0 Å². The van der Waals surface area contributed by atoms with E-state index in [0.29, 0.717) is 5.82 Å². The van der Waals surface area contributed by atoms with Crippen LogP contribution in [0.4, 0.5) is 11.6 Å². The lowest BCUT2D eigenvalue weighted by molar-refractivity contribution is 0.958. The van der Waals surface area contributed by atoms with Crippen LogP contribution in [-0.4, -0.2) is 23.1 Å². The zero-order valence-electron chi connectivity index (χ0n) is 6.64. The van der Waals surface area contributed by atoms with Crippen LogP contribution in [0.2, 0.25) is 0 Å². The van der Waals surface area contributed by atoms with Gasteiger partial charge in [0.15, 0.2) is 0 Å². The Labute approximate surface area is 70.7 Å². The van der Waals surface area contributed by atoms with Crippen LogP contribution in [0.5, 0.6) is 0 Å². The SMILES string of the molecule is Nc1cc(N2CC=CC2)ncn1. The van der Waals surface area contributed by atoms with Crippen LogP contribution in [0.15, 0.2) is 24.5 Å². The van der Waals surface area contributed by atoms with Crippen molar-refractivity contribution in [1.82, 2.24) is 9.97 Å². The van der Waals surface area contributed by atoms with E-state index in [4.69, 9.17) is 5.73 Å². The van der Waals surface area contributed by atoms with Crippen LogP contribution in [0.1, 0.15) is 0 Å². The molecule has 1 aromatic rings. The molecule has 0 fully saturated rings. The first-order valence-corrected chi connectivity index (χ1v) is 3.84. The number of nitrogens with zero attached hydrogens (tertiary/aromatic N) is 3. The summed E-state index contributed by atoms with van der Waals surface area (Å²) in [6.45, 7) is 1.83. The fourth-order valence-electron chi connectivity index (χ4n) is 1.20. The Morgan fingerprint density at radius 1 is 1.25 bits per heavy atom. The number of nitrogen functional groups attached to an aromatic ring is 1. The third-order valence-corrected chi connectivity index (χ3v) is 1.82. The number of hydrogen-bond donors (Lipinski definition) is 1. The first-order chi connectivity index (χ1) is 5.86. The Balaban J connectivity index is 2.22. The second-order valence-corrected chi connectivity index (χ2v) is 2.68. The summed E-state index contributed by atoms with van der Waals surface area (Å²) in [5.74, 6) is 1.42. The highest BCUT2D eigenvalue weighted by Gasteiger charge is 2.08. The third kappa shape index (κ3) is 1.23. The summed E-state index contributed by atoms with van der Waals surface area (Å²) in [5.41, 5.74) is 5.53. The molecule has 1 aliphatic rings. The summed E-state index contributed by atoms with van der Waals surface area (Å²) in [4.78, 5) is 10.1. The molecule has 1 aromatic heterocycles. The standard InChI is InChI=1S/C8H10N4/c9-7-5-8(11-6-10-7)12-3-1-2-4-12/h1-2,5-6H,3-4H2,(H2,9,10,11). The Morgan fingerprint density at radius 3 is 2.67 bits per heavy atom. The zero-order chi connectivity index (χ0) is 8.39. The molecule has 4 nitrogen and oxygen atoms in total. The topological polar surface area (TPSA) is 55.0 Å². The lowest BCUT2D eigenvalue weighted by Crippen LogP contribution is -2.19. The minimum atomic E-state index is 0.520. The smallest absolute Gasteiger partial charge is 0.134 e. The molecule has 0 aromatic carbocycles. The predicted molar refractivity (Wildman–Crippen MR) is 47.8 cm³/mol. The van der Waals surface area contributed by atoms with Crippen molar-refractivity contribution in [2.75, 3.05) is 23.7 Å². The van der Waals surface area contributed by atoms with Crippen molar-refractivity contribution in [3.05, 3.63) is 24.5 Å². The maximum absolute atomic E-state index is 5.53. The molecular weight excluding hydrogens is 152 g/mol. The molecule has 2 heterocycles. The minimum Gasteiger partial charge on any atom is -0.384 e. The Hall–Kier alpha value is -1.58. The van der Waals surface area contributed by atoms with Crippen molar-refractivity contribution in [1.29, 1.82) is 0 Å². The van der Waals surface area contributed by atoms with E-state index < -0.39 is 0 Å². The molecule has 0 spiro atoms. The van der Waals surface area contributed by atoms with Crippen LogP contribution in [0, 0.1) is 0 Å². The van der Waals surface area contributed by atoms with Crippen molar-refractivity contribution in [3.63, 3.8) is 0 Å². The van der Waals surface area contributed by atoms with Gasteiger partial charge in [-0.05, 0) is 0 Å². The monoisotopic (exact) mass is 162 g/mol. The van der Waals surface area contributed by atoms with Crippen molar-refractivity contribution in [2.45, 2.75) is 0 Å². The van der Waals surface area contributed by atoms with Crippen molar-refractivity contribution < 1.29 is 0 Å². The third-order valence-electron chi connectivity index (χ3n) is 1.82. The molecule has 0 atom stereocenters. The van der Waals surface area contributed by atoms with Crippen LogP contribution in [-0.2, 0) is 0 Å².